The first-order valence-corrected chi connectivity index (χ1v) is 5.74. The van der Waals surface area contributed by atoms with Crippen molar-refractivity contribution >= 4 is 15.9 Å². The Bertz CT molecular complexity index is 394. The van der Waals surface area contributed by atoms with Gasteiger partial charge in [-0.25, -0.2) is 4.98 Å². The molecule has 0 aromatic carbocycles. The van der Waals surface area contributed by atoms with Crippen LogP contribution in [-0.2, 0) is 0 Å². The average Bonchev–Trinajstić information content (AvgIpc) is 2.66. The maximum absolute atomic E-state index is 11.5. The van der Waals surface area contributed by atoms with E-state index in [0.717, 1.165) is 24.4 Å². The molecule has 0 atom stereocenters. The van der Waals surface area contributed by atoms with Crippen molar-refractivity contribution in [3.8, 4) is 0 Å². The molecule has 4 heteroatoms. The fourth-order valence-electron chi connectivity index (χ4n) is 1.99. The first-order chi connectivity index (χ1) is 6.68. The van der Waals surface area contributed by atoms with Crippen LogP contribution in [0.4, 0.5) is 0 Å². The Morgan fingerprint density at radius 3 is 2.64 bits per heavy atom. The van der Waals surface area contributed by atoms with Crippen molar-refractivity contribution in [2.75, 3.05) is 0 Å². The van der Waals surface area contributed by atoms with Gasteiger partial charge in [0.15, 0.2) is 0 Å². The summed E-state index contributed by atoms with van der Waals surface area (Å²) in [5, 5.41) is 0. The molecule has 1 aromatic rings. The summed E-state index contributed by atoms with van der Waals surface area (Å²) < 4.78 is 0.555. The number of hydrogen-bond donors (Lipinski definition) is 1. The number of halogens is 1. The molecule has 1 saturated carbocycles. The van der Waals surface area contributed by atoms with Crippen molar-refractivity contribution in [1.82, 2.24) is 9.97 Å². The third kappa shape index (κ3) is 1.75. The number of hydrogen-bond acceptors (Lipinski definition) is 2. The minimum absolute atomic E-state index is 0.0561. The van der Waals surface area contributed by atoms with Gasteiger partial charge >= 0.3 is 0 Å². The molecule has 1 aliphatic carbocycles. The second-order valence-electron chi connectivity index (χ2n) is 3.83. The third-order valence-corrected chi connectivity index (χ3v) is 3.72. The lowest BCUT2D eigenvalue weighted by molar-refractivity contribution is 0.658. The topological polar surface area (TPSA) is 45.8 Å². The SMILES string of the molecule is Cc1nc(C2CCCC2)[nH]c(=O)c1Br. The van der Waals surface area contributed by atoms with Gasteiger partial charge in [0.25, 0.3) is 5.56 Å². The Morgan fingerprint density at radius 1 is 1.43 bits per heavy atom. The number of rotatable bonds is 1. The number of aromatic amines is 1. The molecule has 0 amide bonds. The highest BCUT2D eigenvalue weighted by Crippen LogP contribution is 2.31. The van der Waals surface area contributed by atoms with E-state index in [1.54, 1.807) is 0 Å². The number of aromatic nitrogens is 2. The minimum Gasteiger partial charge on any atom is -0.309 e. The zero-order valence-electron chi connectivity index (χ0n) is 8.14. The minimum atomic E-state index is -0.0561. The normalized spacial score (nSPS) is 17.6. The lowest BCUT2D eigenvalue weighted by Gasteiger charge is -2.08. The molecule has 76 valence electrons. The summed E-state index contributed by atoms with van der Waals surface area (Å²) in [6.07, 6.45) is 4.82. The predicted octanol–water partition coefficient (Wildman–Crippen LogP) is 2.50. The predicted molar refractivity (Wildman–Crippen MR) is 58.5 cm³/mol. The highest BCUT2D eigenvalue weighted by Gasteiger charge is 2.20. The molecule has 14 heavy (non-hydrogen) atoms. The van der Waals surface area contributed by atoms with E-state index in [-0.39, 0.29) is 5.56 Å². The van der Waals surface area contributed by atoms with Crippen molar-refractivity contribution in [2.45, 2.75) is 38.5 Å². The number of nitrogens with zero attached hydrogens (tertiary/aromatic N) is 1. The molecule has 2 rings (SSSR count). The Balaban J connectivity index is 2.39. The zero-order chi connectivity index (χ0) is 10.1. The van der Waals surface area contributed by atoms with E-state index in [4.69, 9.17) is 0 Å². The van der Waals surface area contributed by atoms with Crippen LogP contribution in [-0.4, -0.2) is 9.97 Å². The van der Waals surface area contributed by atoms with E-state index in [9.17, 15) is 4.79 Å². The van der Waals surface area contributed by atoms with Gasteiger partial charge in [-0.05, 0) is 35.7 Å². The van der Waals surface area contributed by atoms with Crippen molar-refractivity contribution in [2.24, 2.45) is 0 Å². The molecular weight excluding hydrogens is 244 g/mol. The van der Waals surface area contributed by atoms with Gasteiger partial charge < -0.3 is 4.98 Å². The van der Waals surface area contributed by atoms with E-state index in [0.29, 0.717) is 10.4 Å². The van der Waals surface area contributed by atoms with Gasteiger partial charge in [-0.3, -0.25) is 4.79 Å². The maximum atomic E-state index is 11.5. The van der Waals surface area contributed by atoms with E-state index >= 15 is 0 Å². The maximum Gasteiger partial charge on any atom is 0.265 e. The Hall–Kier alpha value is -0.640. The summed E-state index contributed by atoms with van der Waals surface area (Å²) in [6.45, 7) is 1.86. The number of aryl methyl sites for hydroxylation is 1. The van der Waals surface area contributed by atoms with Gasteiger partial charge in [-0.1, -0.05) is 12.8 Å². The molecule has 0 spiro atoms. The Morgan fingerprint density at radius 2 is 2.07 bits per heavy atom. The lowest BCUT2D eigenvalue weighted by atomic mass is 10.1. The quantitative estimate of drug-likeness (QED) is 0.840. The van der Waals surface area contributed by atoms with Crippen molar-refractivity contribution in [3.05, 3.63) is 26.3 Å². The van der Waals surface area contributed by atoms with E-state index < -0.39 is 0 Å². The van der Waals surface area contributed by atoms with E-state index in [2.05, 4.69) is 25.9 Å². The molecule has 1 heterocycles. The van der Waals surface area contributed by atoms with Crippen LogP contribution in [0.25, 0.3) is 0 Å². The van der Waals surface area contributed by atoms with Crippen molar-refractivity contribution in [1.29, 1.82) is 0 Å². The van der Waals surface area contributed by atoms with Crippen LogP contribution in [0.3, 0.4) is 0 Å². The second kappa shape index (κ2) is 3.85. The van der Waals surface area contributed by atoms with Gasteiger partial charge in [0, 0.05) is 5.92 Å². The number of nitrogens with one attached hydrogen (secondary N) is 1. The first-order valence-electron chi connectivity index (χ1n) is 4.95. The van der Waals surface area contributed by atoms with Crippen LogP contribution >= 0.6 is 15.9 Å². The highest BCUT2D eigenvalue weighted by atomic mass is 79.9. The molecular formula is C10H13BrN2O. The largest absolute Gasteiger partial charge is 0.309 e. The second-order valence-corrected chi connectivity index (χ2v) is 4.62. The van der Waals surface area contributed by atoms with Crippen LogP contribution < -0.4 is 5.56 Å². The molecule has 0 radical (unpaired) electrons. The van der Waals surface area contributed by atoms with Crippen LogP contribution in [0.15, 0.2) is 9.27 Å². The fourth-order valence-corrected chi connectivity index (χ4v) is 2.17. The van der Waals surface area contributed by atoms with Crippen LogP contribution in [0.1, 0.15) is 43.1 Å². The summed E-state index contributed by atoms with van der Waals surface area (Å²) in [4.78, 5) is 18.7. The van der Waals surface area contributed by atoms with Gasteiger partial charge in [0.05, 0.1) is 5.69 Å². The highest BCUT2D eigenvalue weighted by molar-refractivity contribution is 9.10. The standard InChI is InChI=1S/C10H13BrN2O/c1-6-8(11)10(14)13-9(12-6)7-4-2-3-5-7/h7H,2-5H2,1H3,(H,12,13,14). The van der Waals surface area contributed by atoms with Crippen molar-refractivity contribution < 1.29 is 0 Å². The van der Waals surface area contributed by atoms with E-state index in [1.807, 2.05) is 6.92 Å². The smallest absolute Gasteiger partial charge is 0.265 e. The molecule has 3 nitrogen and oxygen atoms in total. The summed E-state index contributed by atoms with van der Waals surface area (Å²) in [7, 11) is 0. The van der Waals surface area contributed by atoms with Crippen LogP contribution in [0.2, 0.25) is 0 Å². The molecule has 0 bridgehead atoms. The lowest BCUT2D eigenvalue weighted by Crippen LogP contribution is -2.15. The van der Waals surface area contributed by atoms with Gasteiger partial charge in [-0.15, -0.1) is 0 Å². The van der Waals surface area contributed by atoms with E-state index in [1.165, 1.54) is 12.8 Å². The van der Waals surface area contributed by atoms with Gasteiger partial charge in [0.2, 0.25) is 0 Å². The summed E-state index contributed by atoms with van der Waals surface area (Å²) in [5.41, 5.74) is 0.732. The number of H-pyrrole nitrogens is 1. The molecule has 1 aliphatic rings. The molecule has 0 unspecified atom stereocenters. The summed E-state index contributed by atoms with van der Waals surface area (Å²) >= 11 is 3.22. The zero-order valence-corrected chi connectivity index (χ0v) is 9.73. The average molecular weight is 257 g/mol. The third-order valence-electron chi connectivity index (χ3n) is 2.79. The fraction of sp³-hybridized carbons (Fsp3) is 0.600. The molecule has 0 aliphatic heterocycles. The molecule has 1 fully saturated rings. The summed E-state index contributed by atoms with van der Waals surface area (Å²) in [5.74, 6) is 1.34. The van der Waals surface area contributed by atoms with Gasteiger partial charge in [0.1, 0.15) is 10.3 Å². The molecule has 1 N–H and O–H groups in total. The van der Waals surface area contributed by atoms with Crippen molar-refractivity contribution in [3.63, 3.8) is 0 Å². The van der Waals surface area contributed by atoms with Gasteiger partial charge in [-0.2, -0.15) is 0 Å². The molecule has 0 saturated heterocycles. The van der Waals surface area contributed by atoms with Crippen LogP contribution in [0, 0.1) is 6.92 Å². The van der Waals surface area contributed by atoms with Crippen LogP contribution in [0.5, 0.6) is 0 Å². The molecule has 1 aromatic heterocycles. The summed E-state index contributed by atoms with van der Waals surface area (Å²) in [6, 6.07) is 0. The monoisotopic (exact) mass is 256 g/mol. The Kier molecular flexibility index (Phi) is 2.72. The Labute approximate surface area is 91.1 Å². The first kappa shape index (κ1) is 9.90.